The van der Waals surface area contributed by atoms with Crippen LogP contribution in [0.5, 0.6) is 0 Å². The van der Waals surface area contributed by atoms with Gasteiger partial charge in [0.25, 0.3) is 0 Å². The van der Waals surface area contributed by atoms with Gasteiger partial charge in [0.1, 0.15) is 0 Å². The second kappa shape index (κ2) is 6.08. The smallest absolute Gasteiger partial charge is 0.224 e. The molecule has 0 bridgehead atoms. The van der Waals surface area contributed by atoms with Gasteiger partial charge in [-0.15, -0.1) is 10.2 Å². The van der Waals surface area contributed by atoms with Crippen LogP contribution in [-0.2, 0) is 16.6 Å². The zero-order valence-electron chi connectivity index (χ0n) is 12.9. The molecule has 5 nitrogen and oxygen atoms in total. The number of carbonyl (C=O) groups is 1. The summed E-state index contributed by atoms with van der Waals surface area (Å²) in [7, 11) is 0. The van der Waals surface area contributed by atoms with Crippen LogP contribution in [0.4, 0.5) is 5.69 Å². The van der Waals surface area contributed by atoms with Gasteiger partial charge < -0.3 is 9.73 Å². The first-order valence-corrected chi connectivity index (χ1v) is 7.04. The number of aryl methyl sites for hydroxylation is 2. The number of nitrogens with one attached hydrogen (secondary N) is 1. The Morgan fingerprint density at radius 1 is 1.24 bits per heavy atom. The highest BCUT2D eigenvalue weighted by molar-refractivity contribution is 5.91. The summed E-state index contributed by atoms with van der Waals surface area (Å²) in [6, 6.07) is 7.87. The molecule has 5 heteroatoms. The van der Waals surface area contributed by atoms with Crippen LogP contribution in [0, 0.1) is 6.92 Å². The quantitative estimate of drug-likeness (QED) is 0.937. The van der Waals surface area contributed by atoms with Gasteiger partial charge in [-0.1, -0.05) is 39.0 Å². The molecule has 21 heavy (non-hydrogen) atoms. The number of benzene rings is 1. The lowest BCUT2D eigenvalue weighted by Gasteiger charge is -2.22. The van der Waals surface area contributed by atoms with Gasteiger partial charge in [0.15, 0.2) is 0 Å². The minimum atomic E-state index is -0.0532. The summed E-state index contributed by atoms with van der Waals surface area (Å²) >= 11 is 0. The van der Waals surface area contributed by atoms with Gasteiger partial charge in [0.05, 0.1) is 0 Å². The maximum atomic E-state index is 12.1. The molecule has 0 saturated heterocycles. The molecule has 0 fully saturated rings. The molecule has 0 aliphatic rings. The van der Waals surface area contributed by atoms with Gasteiger partial charge in [0.2, 0.25) is 17.7 Å². The normalized spacial score (nSPS) is 11.4. The van der Waals surface area contributed by atoms with Crippen molar-refractivity contribution in [3.05, 3.63) is 41.6 Å². The van der Waals surface area contributed by atoms with Crippen LogP contribution in [0.15, 0.2) is 28.7 Å². The van der Waals surface area contributed by atoms with Gasteiger partial charge in [0, 0.05) is 25.5 Å². The van der Waals surface area contributed by atoms with E-state index in [1.54, 1.807) is 6.92 Å². The minimum absolute atomic E-state index is 0.0204. The second-order valence-electron chi connectivity index (χ2n) is 6.06. The maximum absolute atomic E-state index is 12.1. The molecule has 0 saturated carbocycles. The number of aromatic nitrogens is 2. The van der Waals surface area contributed by atoms with Gasteiger partial charge >= 0.3 is 0 Å². The average molecular weight is 287 g/mol. The Bertz CT molecular complexity index is 626. The van der Waals surface area contributed by atoms with Crippen molar-refractivity contribution in [2.24, 2.45) is 0 Å². The van der Waals surface area contributed by atoms with Crippen molar-refractivity contribution in [2.75, 3.05) is 5.32 Å². The standard InChI is InChI=1S/C16H21N3O2/c1-11-18-19-15(21-11)10-9-14(20)17-13-8-6-5-7-12(13)16(2,3)4/h5-8H,9-10H2,1-4H3,(H,17,20). The monoisotopic (exact) mass is 287 g/mol. The number of carbonyl (C=O) groups excluding carboxylic acids is 1. The van der Waals surface area contributed by atoms with E-state index in [1.165, 1.54) is 0 Å². The van der Waals surface area contributed by atoms with E-state index in [2.05, 4.69) is 36.3 Å². The molecule has 1 heterocycles. The molecule has 0 radical (unpaired) electrons. The van der Waals surface area contributed by atoms with Crippen LogP contribution in [-0.4, -0.2) is 16.1 Å². The molecule has 2 aromatic rings. The molecule has 112 valence electrons. The Balaban J connectivity index is 2.00. The van der Waals surface area contributed by atoms with Crippen molar-refractivity contribution in [3.8, 4) is 0 Å². The van der Waals surface area contributed by atoms with Crippen LogP contribution in [0.2, 0.25) is 0 Å². The molecule has 1 amide bonds. The zero-order valence-corrected chi connectivity index (χ0v) is 12.9. The number of nitrogens with zero attached hydrogens (tertiary/aromatic N) is 2. The first kappa shape index (κ1) is 15.2. The molecule has 0 aliphatic carbocycles. The number of amides is 1. The summed E-state index contributed by atoms with van der Waals surface area (Å²) in [5, 5.41) is 10.6. The Morgan fingerprint density at radius 3 is 2.57 bits per heavy atom. The summed E-state index contributed by atoms with van der Waals surface area (Å²) < 4.78 is 5.26. The molecular weight excluding hydrogens is 266 g/mol. The summed E-state index contributed by atoms with van der Waals surface area (Å²) in [5.74, 6) is 0.956. The van der Waals surface area contributed by atoms with E-state index in [9.17, 15) is 4.79 Å². The van der Waals surface area contributed by atoms with Crippen LogP contribution in [0.3, 0.4) is 0 Å². The van der Waals surface area contributed by atoms with Crippen molar-refractivity contribution in [1.82, 2.24) is 10.2 Å². The topological polar surface area (TPSA) is 68.0 Å². The number of anilines is 1. The Kier molecular flexibility index (Phi) is 4.40. The molecule has 1 aromatic carbocycles. The lowest BCUT2D eigenvalue weighted by Crippen LogP contribution is -2.18. The Morgan fingerprint density at radius 2 is 1.95 bits per heavy atom. The SMILES string of the molecule is Cc1nnc(CCC(=O)Nc2ccccc2C(C)(C)C)o1. The van der Waals surface area contributed by atoms with E-state index in [-0.39, 0.29) is 11.3 Å². The van der Waals surface area contributed by atoms with Crippen LogP contribution in [0.1, 0.15) is 44.5 Å². The predicted molar refractivity (Wildman–Crippen MR) is 81.1 cm³/mol. The largest absolute Gasteiger partial charge is 0.426 e. The number of hydrogen-bond acceptors (Lipinski definition) is 4. The molecule has 1 N–H and O–H groups in total. The Hall–Kier alpha value is -2.17. The van der Waals surface area contributed by atoms with E-state index in [0.717, 1.165) is 11.3 Å². The molecule has 0 unspecified atom stereocenters. The molecule has 0 atom stereocenters. The van der Waals surface area contributed by atoms with Gasteiger partial charge in [-0.05, 0) is 17.0 Å². The molecule has 1 aromatic heterocycles. The lowest BCUT2D eigenvalue weighted by molar-refractivity contribution is -0.116. The average Bonchev–Trinajstić information content (AvgIpc) is 2.82. The van der Waals surface area contributed by atoms with E-state index < -0.39 is 0 Å². The highest BCUT2D eigenvalue weighted by atomic mass is 16.4. The summed E-state index contributed by atoms with van der Waals surface area (Å²) in [4.78, 5) is 12.1. The molecule has 0 aliphatic heterocycles. The van der Waals surface area contributed by atoms with Crippen molar-refractivity contribution >= 4 is 11.6 Å². The third-order valence-corrected chi connectivity index (χ3v) is 3.14. The van der Waals surface area contributed by atoms with Gasteiger partial charge in [-0.3, -0.25) is 4.79 Å². The first-order valence-electron chi connectivity index (χ1n) is 7.04. The highest BCUT2D eigenvalue weighted by Crippen LogP contribution is 2.29. The van der Waals surface area contributed by atoms with Crippen molar-refractivity contribution in [2.45, 2.75) is 46.0 Å². The number of para-hydroxylation sites is 1. The maximum Gasteiger partial charge on any atom is 0.224 e. The van der Waals surface area contributed by atoms with Crippen LogP contribution >= 0.6 is 0 Å². The van der Waals surface area contributed by atoms with Gasteiger partial charge in [-0.2, -0.15) is 0 Å². The fourth-order valence-electron chi connectivity index (χ4n) is 2.12. The van der Waals surface area contributed by atoms with Gasteiger partial charge in [-0.25, -0.2) is 0 Å². The van der Waals surface area contributed by atoms with E-state index in [0.29, 0.717) is 24.6 Å². The van der Waals surface area contributed by atoms with Crippen LogP contribution in [0.25, 0.3) is 0 Å². The molecule has 0 spiro atoms. The number of rotatable bonds is 4. The fourth-order valence-corrected chi connectivity index (χ4v) is 2.12. The third kappa shape index (κ3) is 4.15. The first-order chi connectivity index (χ1) is 9.86. The van der Waals surface area contributed by atoms with Crippen molar-refractivity contribution in [1.29, 1.82) is 0 Å². The third-order valence-electron chi connectivity index (χ3n) is 3.14. The summed E-state index contributed by atoms with van der Waals surface area (Å²) in [6.45, 7) is 8.10. The summed E-state index contributed by atoms with van der Waals surface area (Å²) in [5.41, 5.74) is 1.96. The predicted octanol–water partition coefficient (Wildman–Crippen LogP) is 3.25. The molecule has 2 rings (SSSR count). The second-order valence-corrected chi connectivity index (χ2v) is 6.06. The molecular formula is C16H21N3O2. The Labute approximate surface area is 124 Å². The van der Waals surface area contributed by atoms with E-state index in [4.69, 9.17) is 4.42 Å². The lowest BCUT2D eigenvalue weighted by atomic mass is 9.86. The van der Waals surface area contributed by atoms with Crippen molar-refractivity contribution < 1.29 is 9.21 Å². The zero-order chi connectivity index (χ0) is 15.5. The van der Waals surface area contributed by atoms with Crippen molar-refractivity contribution in [3.63, 3.8) is 0 Å². The highest BCUT2D eigenvalue weighted by Gasteiger charge is 2.18. The minimum Gasteiger partial charge on any atom is -0.426 e. The van der Waals surface area contributed by atoms with E-state index >= 15 is 0 Å². The van der Waals surface area contributed by atoms with Crippen LogP contribution < -0.4 is 5.32 Å². The number of hydrogen-bond donors (Lipinski definition) is 1. The fraction of sp³-hybridized carbons (Fsp3) is 0.438. The summed E-state index contributed by atoms with van der Waals surface area (Å²) in [6.07, 6.45) is 0.768. The van der Waals surface area contributed by atoms with E-state index in [1.807, 2.05) is 24.3 Å².